The van der Waals surface area contributed by atoms with Crippen LogP contribution >= 0.6 is 12.4 Å². The first-order chi connectivity index (χ1) is 9.61. The third kappa shape index (κ3) is 4.31. The summed E-state index contributed by atoms with van der Waals surface area (Å²) in [7, 11) is 0. The van der Waals surface area contributed by atoms with Gasteiger partial charge in [0, 0.05) is 17.8 Å². The average Bonchev–Trinajstić information content (AvgIpc) is 2.78. The van der Waals surface area contributed by atoms with Crippen LogP contribution in [0.3, 0.4) is 0 Å². The van der Waals surface area contributed by atoms with Crippen LogP contribution in [-0.4, -0.2) is 28.8 Å². The van der Waals surface area contributed by atoms with Crippen LogP contribution in [0.5, 0.6) is 0 Å². The van der Waals surface area contributed by atoms with Gasteiger partial charge in [-0.2, -0.15) is 5.10 Å². The highest BCUT2D eigenvalue weighted by Crippen LogP contribution is 2.13. The van der Waals surface area contributed by atoms with E-state index in [0.717, 1.165) is 23.5 Å². The van der Waals surface area contributed by atoms with Crippen LogP contribution in [0.25, 0.3) is 5.69 Å². The Morgan fingerprint density at radius 2 is 1.95 bits per heavy atom. The Morgan fingerprint density at radius 3 is 2.48 bits per heavy atom. The van der Waals surface area contributed by atoms with Crippen molar-refractivity contribution in [1.82, 2.24) is 15.1 Å². The van der Waals surface area contributed by atoms with Crippen molar-refractivity contribution in [3.8, 4) is 5.69 Å². The zero-order chi connectivity index (χ0) is 14.5. The maximum atomic E-state index is 11.9. The Labute approximate surface area is 130 Å². The molecule has 5 nitrogen and oxygen atoms in total. The van der Waals surface area contributed by atoms with E-state index in [1.807, 2.05) is 48.9 Å². The third-order valence-electron chi connectivity index (χ3n) is 3.05. The smallest absolute Gasteiger partial charge is 0.251 e. The minimum Gasteiger partial charge on any atom is -0.352 e. The van der Waals surface area contributed by atoms with Gasteiger partial charge in [-0.1, -0.05) is 0 Å². The number of carbonyl (C=O) groups is 1. The second kappa shape index (κ2) is 7.81. The second-order valence-electron chi connectivity index (χ2n) is 4.78. The lowest BCUT2D eigenvalue weighted by Crippen LogP contribution is -2.25. The Kier molecular flexibility index (Phi) is 6.39. The molecular formula is C15H21ClN4O. The highest BCUT2D eigenvalue weighted by Gasteiger charge is 2.07. The predicted molar refractivity (Wildman–Crippen MR) is 86.3 cm³/mol. The zero-order valence-corrected chi connectivity index (χ0v) is 13.1. The molecule has 21 heavy (non-hydrogen) atoms. The Balaban J connectivity index is 0.00000220. The summed E-state index contributed by atoms with van der Waals surface area (Å²) >= 11 is 0. The fourth-order valence-electron chi connectivity index (χ4n) is 2.05. The van der Waals surface area contributed by atoms with Crippen LogP contribution in [0, 0.1) is 13.8 Å². The van der Waals surface area contributed by atoms with Crippen LogP contribution in [-0.2, 0) is 0 Å². The Hall–Kier alpha value is -1.85. The van der Waals surface area contributed by atoms with Crippen LogP contribution in [0.15, 0.2) is 30.3 Å². The number of nitrogens with one attached hydrogen (secondary N) is 1. The molecule has 1 heterocycles. The van der Waals surface area contributed by atoms with Gasteiger partial charge in [-0.05, 0) is 57.1 Å². The van der Waals surface area contributed by atoms with Crippen molar-refractivity contribution in [2.75, 3.05) is 13.1 Å². The number of amides is 1. The zero-order valence-electron chi connectivity index (χ0n) is 12.3. The monoisotopic (exact) mass is 308 g/mol. The molecule has 6 heteroatoms. The molecule has 0 radical (unpaired) electrons. The molecule has 114 valence electrons. The topological polar surface area (TPSA) is 72.9 Å². The molecule has 0 fully saturated rings. The summed E-state index contributed by atoms with van der Waals surface area (Å²) < 4.78 is 1.87. The minimum absolute atomic E-state index is 0. The molecule has 3 N–H and O–H groups in total. The van der Waals surface area contributed by atoms with E-state index in [0.29, 0.717) is 18.7 Å². The van der Waals surface area contributed by atoms with E-state index in [2.05, 4.69) is 10.4 Å². The van der Waals surface area contributed by atoms with Gasteiger partial charge in [0.2, 0.25) is 0 Å². The lowest BCUT2D eigenvalue weighted by Gasteiger charge is -2.07. The number of benzene rings is 1. The Morgan fingerprint density at radius 1 is 1.29 bits per heavy atom. The molecule has 1 aromatic heterocycles. The standard InChI is InChI=1S/C15H20N4O.ClH/c1-11-10-12(2)19(18-11)14-6-4-13(5-7-14)15(20)17-9-3-8-16;/h4-7,10H,3,8-9,16H2,1-2H3,(H,17,20);1H. The number of nitrogens with zero attached hydrogens (tertiary/aromatic N) is 2. The molecule has 0 saturated carbocycles. The van der Waals surface area contributed by atoms with Crippen molar-refractivity contribution in [2.45, 2.75) is 20.3 Å². The average molecular weight is 309 g/mol. The summed E-state index contributed by atoms with van der Waals surface area (Å²) in [6, 6.07) is 9.44. The second-order valence-corrected chi connectivity index (χ2v) is 4.78. The summed E-state index contributed by atoms with van der Waals surface area (Å²) in [4.78, 5) is 11.9. The molecule has 0 spiro atoms. The molecule has 2 rings (SSSR count). The van der Waals surface area contributed by atoms with Gasteiger partial charge in [-0.25, -0.2) is 4.68 Å². The SMILES string of the molecule is Cc1cc(C)n(-c2ccc(C(=O)NCCCN)cc2)n1.Cl. The van der Waals surface area contributed by atoms with Crippen LogP contribution in [0.4, 0.5) is 0 Å². The fourth-order valence-corrected chi connectivity index (χ4v) is 2.05. The highest BCUT2D eigenvalue weighted by molar-refractivity contribution is 5.94. The summed E-state index contributed by atoms with van der Waals surface area (Å²) in [5, 5.41) is 7.25. The van der Waals surface area contributed by atoms with Gasteiger partial charge in [-0.15, -0.1) is 12.4 Å². The van der Waals surface area contributed by atoms with Gasteiger partial charge in [0.15, 0.2) is 0 Å². The van der Waals surface area contributed by atoms with Crippen molar-refractivity contribution in [3.05, 3.63) is 47.3 Å². The number of aryl methyl sites for hydroxylation is 2. The molecular weight excluding hydrogens is 288 g/mol. The fraction of sp³-hybridized carbons (Fsp3) is 0.333. The van der Waals surface area contributed by atoms with Gasteiger partial charge in [0.05, 0.1) is 11.4 Å². The van der Waals surface area contributed by atoms with Crippen LogP contribution in [0.1, 0.15) is 28.2 Å². The van der Waals surface area contributed by atoms with Gasteiger partial charge >= 0.3 is 0 Å². The maximum absolute atomic E-state index is 11.9. The molecule has 0 aliphatic rings. The number of nitrogens with two attached hydrogens (primary N) is 1. The van der Waals surface area contributed by atoms with E-state index in [-0.39, 0.29) is 18.3 Å². The van der Waals surface area contributed by atoms with E-state index in [9.17, 15) is 4.79 Å². The Bertz CT molecular complexity index is 592. The number of rotatable bonds is 5. The summed E-state index contributed by atoms with van der Waals surface area (Å²) in [6.07, 6.45) is 0.787. The highest BCUT2D eigenvalue weighted by atomic mass is 35.5. The molecule has 0 aliphatic carbocycles. The molecule has 0 saturated heterocycles. The van der Waals surface area contributed by atoms with Gasteiger partial charge in [-0.3, -0.25) is 4.79 Å². The quantitative estimate of drug-likeness (QED) is 0.830. The number of aromatic nitrogens is 2. The van der Waals surface area contributed by atoms with Gasteiger partial charge in [0.1, 0.15) is 0 Å². The number of hydrogen-bond donors (Lipinski definition) is 2. The minimum atomic E-state index is -0.0710. The van der Waals surface area contributed by atoms with Crippen LogP contribution in [0.2, 0.25) is 0 Å². The number of hydrogen-bond acceptors (Lipinski definition) is 3. The number of carbonyl (C=O) groups excluding carboxylic acids is 1. The normalized spacial score (nSPS) is 10.0. The summed E-state index contributed by atoms with van der Waals surface area (Å²) in [5.41, 5.74) is 9.04. The van der Waals surface area contributed by atoms with E-state index < -0.39 is 0 Å². The van der Waals surface area contributed by atoms with Crippen molar-refractivity contribution in [2.24, 2.45) is 5.73 Å². The first-order valence-corrected chi connectivity index (χ1v) is 6.74. The molecule has 0 atom stereocenters. The van der Waals surface area contributed by atoms with Crippen molar-refractivity contribution >= 4 is 18.3 Å². The largest absolute Gasteiger partial charge is 0.352 e. The summed E-state index contributed by atoms with van der Waals surface area (Å²) in [6.45, 7) is 5.15. The molecule has 0 aliphatic heterocycles. The molecule has 2 aromatic rings. The maximum Gasteiger partial charge on any atom is 0.251 e. The lowest BCUT2D eigenvalue weighted by atomic mass is 10.2. The van der Waals surface area contributed by atoms with Crippen LogP contribution < -0.4 is 11.1 Å². The predicted octanol–water partition coefficient (Wildman–Crippen LogP) is 1.99. The van der Waals surface area contributed by atoms with Crippen molar-refractivity contribution in [1.29, 1.82) is 0 Å². The van der Waals surface area contributed by atoms with Crippen molar-refractivity contribution in [3.63, 3.8) is 0 Å². The van der Waals surface area contributed by atoms with Crippen molar-refractivity contribution < 1.29 is 4.79 Å². The number of halogens is 1. The van der Waals surface area contributed by atoms with Gasteiger partial charge in [0.25, 0.3) is 5.91 Å². The lowest BCUT2D eigenvalue weighted by molar-refractivity contribution is 0.0953. The first kappa shape index (κ1) is 17.2. The van der Waals surface area contributed by atoms with E-state index in [1.54, 1.807) is 0 Å². The molecule has 0 unspecified atom stereocenters. The third-order valence-corrected chi connectivity index (χ3v) is 3.05. The summed E-state index contributed by atoms with van der Waals surface area (Å²) in [5.74, 6) is -0.0710. The van der Waals surface area contributed by atoms with E-state index in [1.165, 1.54) is 0 Å². The van der Waals surface area contributed by atoms with E-state index >= 15 is 0 Å². The molecule has 1 aromatic carbocycles. The van der Waals surface area contributed by atoms with E-state index in [4.69, 9.17) is 5.73 Å². The first-order valence-electron chi connectivity index (χ1n) is 6.74. The molecule has 1 amide bonds. The molecule has 0 bridgehead atoms. The van der Waals surface area contributed by atoms with Gasteiger partial charge < -0.3 is 11.1 Å².